The van der Waals surface area contributed by atoms with E-state index in [9.17, 15) is 0 Å². The summed E-state index contributed by atoms with van der Waals surface area (Å²) in [7, 11) is 1.95. The molecule has 5 nitrogen and oxygen atoms in total. The molecule has 0 unspecified atom stereocenters. The molecule has 0 spiro atoms. The van der Waals surface area contributed by atoms with Crippen LogP contribution >= 0.6 is 0 Å². The van der Waals surface area contributed by atoms with Crippen LogP contribution in [0.2, 0.25) is 0 Å². The molecule has 5 heteroatoms. The molecule has 0 fully saturated rings. The smallest absolute Gasteiger partial charge is 0.115 e. The minimum atomic E-state index is 0.743. The van der Waals surface area contributed by atoms with Crippen LogP contribution < -0.4 is 5.32 Å². The van der Waals surface area contributed by atoms with Gasteiger partial charge >= 0.3 is 0 Å². The Bertz CT molecular complexity index is 449. The molecular weight excluding hydrogens is 202 g/mol. The second-order valence-electron chi connectivity index (χ2n) is 3.70. The molecule has 2 aromatic heterocycles. The second kappa shape index (κ2) is 4.85. The molecule has 0 aliphatic carbocycles. The van der Waals surface area contributed by atoms with Gasteiger partial charge in [0.2, 0.25) is 0 Å². The van der Waals surface area contributed by atoms with Gasteiger partial charge in [-0.05, 0) is 19.1 Å². The van der Waals surface area contributed by atoms with Crippen molar-refractivity contribution in [3.63, 3.8) is 0 Å². The Balaban J connectivity index is 1.87. The Kier molecular flexibility index (Phi) is 3.26. The first-order chi connectivity index (χ1) is 7.75. The van der Waals surface area contributed by atoms with Gasteiger partial charge < -0.3 is 5.32 Å². The topological polar surface area (TPSA) is 55.6 Å². The summed E-state index contributed by atoms with van der Waals surface area (Å²) in [4.78, 5) is 8.02. The third-order valence-electron chi connectivity index (χ3n) is 2.35. The van der Waals surface area contributed by atoms with E-state index in [1.165, 1.54) is 5.69 Å². The van der Waals surface area contributed by atoms with Gasteiger partial charge in [0.25, 0.3) is 0 Å². The van der Waals surface area contributed by atoms with Crippen LogP contribution in [0.3, 0.4) is 0 Å². The zero-order valence-corrected chi connectivity index (χ0v) is 9.51. The fourth-order valence-corrected chi connectivity index (χ4v) is 1.57. The van der Waals surface area contributed by atoms with Gasteiger partial charge in [0.15, 0.2) is 0 Å². The van der Waals surface area contributed by atoms with Gasteiger partial charge in [-0.3, -0.25) is 4.68 Å². The number of hydrogen-bond donors (Lipinski definition) is 1. The van der Waals surface area contributed by atoms with Gasteiger partial charge in [0.1, 0.15) is 6.33 Å². The van der Waals surface area contributed by atoms with Crippen LogP contribution in [0, 0.1) is 6.92 Å². The van der Waals surface area contributed by atoms with Gasteiger partial charge in [-0.1, -0.05) is 0 Å². The molecule has 0 aliphatic rings. The molecular formula is C11H15N5. The Morgan fingerprint density at radius 1 is 1.38 bits per heavy atom. The van der Waals surface area contributed by atoms with Crippen molar-refractivity contribution in [3.8, 4) is 0 Å². The van der Waals surface area contributed by atoms with Crippen LogP contribution in [-0.4, -0.2) is 19.7 Å². The molecule has 16 heavy (non-hydrogen) atoms. The molecule has 1 N–H and O–H groups in total. The number of rotatable bonds is 4. The Hall–Kier alpha value is -1.75. The molecule has 0 atom stereocenters. The van der Waals surface area contributed by atoms with E-state index < -0.39 is 0 Å². The van der Waals surface area contributed by atoms with Crippen molar-refractivity contribution in [1.82, 2.24) is 25.1 Å². The molecule has 0 bridgehead atoms. The van der Waals surface area contributed by atoms with Gasteiger partial charge in [-0.25, -0.2) is 9.97 Å². The Labute approximate surface area is 94.5 Å². The Morgan fingerprint density at radius 3 is 2.88 bits per heavy atom. The van der Waals surface area contributed by atoms with E-state index in [-0.39, 0.29) is 0 Å². The monoisotopic (exact) mass is 217 g/mol. The van der Waals surface area contributed by atoms with Crippen molar-refractivity contribution in [2.45, 2.75) is 20.0 Å². The zero-order valence-electron chi connectivity index (χ0n) is 9.51. The first-order valence-electron chi connectivity index (χ1n) is 5.21. The molecule has 0 saturated carbocycles. The molecule has 0 aromatic carbocycles. The lowest BCUT2D eigenvalue weighted by molar-refractivity contribution is 0.618. The van der Waals surface area contributed by atoms with E-state index in [2.05, 4.69) is 26.4 Å². The van der Waals surface area contributed by atoms with Gasteiger partial charge in [0.05, 0.1) is 17.1 Å². The Morgan fingerprint density at radius 2 is 2.25 bits per heavy atom. The summed E-state index contributed by atoms with van der Waals surface area (Å²) < 4.78 is 1.89. The quantitative estimate of drug-likeness (QED) is 0.823. The fraction of sp³-hybridized carbons (Fsp3) is 0.364. The normalized spacial score (nSPS) is 10.6. The zero-order chi connectivity index (χ0) is 11.4. The van der Waals surface area contributed by atoms with Crippen LogP contribution in [0.25, 0.3) is 0 Å². The van der Waals surface area contributed by atoms with Crippen LogP contribution in [0.5, 0.6) is 0 Å². The lowest BCUT2D eigenvalue weighted by atomic mass is 10.3. The van der Waals surface area contributed by atoms with E-state index >= 15 is 0 Å². The third-order valence-corrected chi connectivity index (χ3v) is 2.35. The summed E-state index contributed by atoms with van der Waals surface area (Å²) in [6.45, 7) is 3.53. The molecule has 0 radical (unpaired) electrons. The maximum absolute atomic E-state index is 4.29. The number of aryl methyl sites for hydroxylation is 2. The van der Waals surface area contributed by atoms with Crippen molar-refractivity contribution in [3.05, 3.63) is 41.7 Å². The molecule has 2 heterocycles. The fourth-order valence-electron chi connectivity index (χ4n) is 1.57. The second-order valence-corrected chi connectivity index (χ2v) is 3.70. The van der Waals surface area contributed by atoms with Crippen LogP contribution in [0.1, 0.15) is 17.1 Å². The minimum Gasteiger partial charge on any atom is -0.306 e. The SMILES string of the molecule is Cc1cc(CNCc2ccncn2)n(C)n1. The van der Waals surface area contributed by atoms with Crippen molar-refractivity contribution in [2.75, 3.05) is 0 Å². The average Bonchev–Trinajstić information content (AvgIpc) is 2.59. The maximum atomic E-state index is 4.29. The molecule has 84 valence electrons. The lowest BCUT2D eigenvalue weighted by Gasteiger charge is -2.04. The highest BCUT2D eigenvalue weighted by molar-refractivity contribution is 5.08. The molecule has 0 saturated heterocycles. The largest absolute Gasteiger partial charge is 0.306 e. The standard InChI is InChI=1S/C11H15N5/c1-9-5-11(16(2)15-9)7-13-6-10-3-4-12-8-14-10/h3-5,8,13H,6-7H2,1-2H3. The highest BCUT2D eigenvalue weighted by atomic mass is 15.3. The van der Waals surface area contributed by atoms with E-state index in [0.717, 1.165) is 24.5 Å². The van der Waals surface area contributed by atoms with Gasteiger partial charge in [-0.2, -0.15) is 5.10 Å². The molecule has 2 rings (SSSR count). The predicted octanol–water partition coefficient (Wildman–Crippen LogP) is 0.808. The predicted molar refractivity (Wildman–Crippen MR) is 60.5 cm³/mol. The highest BCUT2D eigenvalue weighted by Crippen LogP contribution is 2.01. The molecule has 2 aromatic rings. The average molecular weight is 217 g/mol. The van der Waals surface area contributed by atoms with Crippen molar-refractivity contribution in [2.24, 2.45) is 7.05 Å². The summed E-state index contributed by atoms with van der Waals surface area (Å²) in [6.07, 6.45) is 3.31. The van der Waals surface area contributed by atoms with E-state index in [1.807, 2.05) is 24.7 Å². The molecule has 0 aliphatic heterocycles. The van der Waals surface area contributed by atoms with E-state index in [4.69, 9.17) is 0 Å². The molecule has 0 amide bonds. The van der Waals surface area contributed by atoms with Crippen LogP contribution in [0.15, 0.2) is 24.7 Å². The summed E-state index contributed by atoms with van der Waals surface area (Å²) in [6, 6.07) is 3.98. The highest BCUT2D eigenvalue weighted by Gasteiger charge is 2.01. The van der Waals surface area contributed by atoms with Crippen LogP contribution in [-0.2, 0) is 20.1 Å². The summed E-state index contributed by atoms with van der Waals surface area (Å²) in [5.74, 6) is 0. The van der Waals surface area contributed by atoms with Crippen molar-refractivity contribution in [1.29, 1.82) is 0 Å². The number of nitrogens with one attached hydrogen (secondary N) is 1. The number of hydrogen-bond acceptors (Lipinski definition) is 4. The first-order valence-corrected chi connectivity index (χ1v) is 5.21. The third kappa shape index (κ3) is 2.64. The summed E-state index contributed by atoms with van der Waals surface area (Å²) in [5, 5.41) is 7.61. The lowest BCUT2D eigenvalue weighted by Crippen LogP contribution is -2.15. The van der Waals surface area contributed by atoms with Crippen molar-refractivity contribution >= 4 is 0 Å². The number of nitrogens with zero attached hydrogens (tertiary/aromatic N) is 4. The van der Waals surface area contributed by atoms with E-state index in [1.54, 1.807) is 12.5 Å². The minimum absolute atomic E-state index is 0.743. The van der Waals surface area contributed by atoms with Gasteiger partial charge in [-0.15, -0.1) is 0 Å². The van der Waals surface area contributed by atoms with Crippen molar-refractivity contribution < 1.29 is 0 Å². The number of aromatic nitrogens is 4. The summed E-state index contributed by atoms with van der Waals surface area (Å²) >= 11 is 0. The summed E-state index contributed by atoms with van der Waals surface area (Å²) in [5.41, 5.74) is 3.21. The maximum Gasteiger partial charge on any atom is 0.115 e. The first kappa shape index (κ1) is 10.8. The van der Waals surface area contributed by atoms with Gasteiger partial charge in [0, 0.05) is 26.3 Å². The van der Waals surface area contributed by atoms with Crippen LogP contribution in [0.4, 0.5) is 0 Å². The van der Waals surface area contributed by atoms with E-state index in [0.29, 0.717) is 0 Å².